The molecule has 25 heavy (non-hydrogen) atoms. The van der Waals surface area contributed by atoms with Crippen molar-refractivity contribution in [3.63, 3.8) is 0 Å². The van der Waals surface area contributed by atoms with Crippen LogP contribution in [0.1, 0.15) is 18.1 Å². The number of hydrogen-bond donors (Lipinski definition) is 1. The molecule has 1 N–H and O–H groups in total. The van der Waals surface area contributed by atoms with Gasteiger partial charge in [0.15, 0.2) is 11.6 Å². The quantitative estimate of drug-likeness (QED) is 0.636. The maximum absolute atomic E-state index is 14.6. The van der Waals surface area contributed by atoms with E-state index in [2.05, 4.69) is 17.1 Å². The van der Waals surface area contributed by atoms with E-state index in [-0.39, 0.29) is 16.9 Å². The van der Waals surface area contributed by atoms with E-state index in [0.717, 1.165) is 11.3 Å². The number of ether oxygens (including phenoxy) is 2. The zero-order chi connectivity index (χ0) is 17.8. The second kappa shape index (κ2) is 7.25. The Morgan fingerprint density at radius 1 is 1.24 bits per heavy atom. The minimum absolute atomic E-state index is 0.0792. The Bertz CT molecular complexity index is 888. The topological polar surface area (TPSA) is 56.5 Å². The number of nitrogens with one attached hydrogen (secondary N) is 1. The molecule has 0 aliphatic carbocycles. The van der Waals surface area contributed by atoms with E-state index >= 15 is 0 Å². The largest absolute Gasteiger partial charge is 0.497 e. The van der Waals surface area contributed by atoms with Gasteiger partial charge < -0.3 is 19.3 Å². The molecule has 0 aliphatic rings. The summed E-state index contributed by atoms with van der Waals surface area (Å²) in [4.78, 5) is 0. The first-order valence-corrected chi connectivity index (χ1v) is 7.90. The molecule has 0 saturated carbocycles. The first-order chi connectivity index (χ1) is 12.1. The zero-order valence-corrected chi connectivity index (χ0v) is 14.1. The van der Waals surface area contributed by atoms with Gasteiger partial charge in [0, 0.05) is 6.54 Å². The average Bonchev–Trinajstić information content (AvgIpc) is 3.05. The number of aromatic nitrogens is 1. The monoisotopic (exact) mass is 342 g/mol. The van der Waals surface area contributed by atoms with E-state index in [1.54, 1.807) is 19.2 Å². The van der Waals surface area contributed by atoms with E-state index in [1.165, 1.54) is 0 Å². The van der Waals surface area contributed by atoms with Crippen LogP contribution < -0.4 is 10.1 Å². The normalized spacial score (nSPS) is 10.7. The van der Waals surface area contributed by atoms with Crippen molar-refractivity contribution in [2.24, 2.45) is 0 Å². The first kappa shape index (κ1) is 16.8. The zero-order valence-electron chi connectivity index (χ0n) is 14.1. The average molecular weight is 342 g/mol. The molecule has 1 aromatic heterocycles. The highest BCUT2D eigenvalue weighted by Gasteiger charge is 2.17. The van der Waals surface area contributed by atoms with Crippen LogP contribution in [0.25, 0.3) is 16.7 Å². The molecule has 0 fully saturated rings. The summed E-state index contributed by atoms with van der Waals surface area (Å²) in [5.41, 5.74) is 1.39. The van der Waals surface area contributed by atoms with Crippen molar-refractivity contribution in [1.82, 2.24) is 5.16 Å². The van der Waals surface area contributed by atoms with Crippen molar-refractivity contribution in [3.05, 3.63) is 59.9 Å². The lowest BCUT2D eigenvalue weighted by Gasteiger charge is -2.08. The lowest BCUT2D eigenvalue weighted by molar-refractivity contribution is 0.297. The highest BCUT2D eigenvalue weighted by Crippen LogP contribution is 2.30. The summed E-state index contributed by atoms with van der Waals surface area (Å²) in [7, 11) is 1.62. The Kier molecular flexibility index (Phi) is 4.88. The third-order valence-electron chi connectivity index (χ3n) is 3.82. The van der Waals surface area contributed by atoms with Crippen LogP contribution in [0.3, 0.4) is 0 Å². The summed E-state index contributed by atoms with van der Waals surface area (Å²) in [6.45, 7) is 6.49. The molecule has 3 rings (SSSR count). The van der Waals surface area contributed by atoms with Gasteiger partial charge in [-0.2, -0.15) is 0 Å². The van der Waals surface area contributed by atoms with Gasteiger partial charge in [0.05, 0.1) is 24.7 Å². The first-order valence-electron chi connectivity index (χ1n) is 7.90. The fourth-order valence-corrected chi connectivity index (χ4v) is 2.50. The van der Waals surface area contributed by atoms with E-state index < -0.39 is 5.82 Å². The second-order valence-electron chi connectivity index (χ2n) is 5.39. The van der Waals surface area contributed by atoms with Crippen LogP contribution in [0.15, 0.2) is 47.5 Å². The summed E-state index contributed by atoms with van der Waals surface area (Å²) >= 11 is 0. The molecule has 0 bridgehead atoms. The Morgan fingerprint density at radius 3 is 2.68 bits per heavy atom. The minimum atomic E-state index is -0.527. The SMILES string of the molecule is C=C(OCC)c1ccc2c(NCc3ccc(OC)cc3)noc2c1F. The molecular weight excluding hydrogens is 323 g/mol. The molecule has 0 saturated heterocycles. The number of fused-ring (bicyclic) bond motifs is 1. The van der Waals surface area contributed by atoms with E-state index in [4.69, 9.17) is 14.0 Å². The Hall–Kier alpha value is -3.02. The predicted molar refractivity (Wildman–Crippen MR) is 94.9 cm³/mol. The molecule has 0 spiro atoms. The number of benzene rings is 2. The smallest absolute Gasteiger partial charge is 0.205 e. The van der Waals surface area contributed by atoms with E-state index in [9.17, 15) is 4.39 Å². The van der Waals surface area contributed by atoms with Gasteiger partial charge in [-0.25, -0.2) is 4.39 Å². The van der Waals surface area contributed by atoms with E-state index in [1.807, 2.05) is 31.2 Å². The number of hydrogen-bond acceptors (Lipinski definition) is 5. The third-order valence-corrected chi connectivity index (χ3v) is 3.82. The van der Waals surface area contributed by atoms with Crippen molar-refractivity contribution in [2.75, 3.05) is 19.0 Å². The second-order valence-corrected chi connectivity index (χ2v) is 5.39. The number of halogens is 1. The van der Waals surface area contributed by atoms with Crippen molar-refractivity contribution >= 4 is 22.5 Å². The van der Waals surface area contributed by atoms with Crippen LogP contribution in [0.2, 0.25) is 0 Å². The summed E-state index contributed by atoms with van der Waals surface area (Å²) in [5, 5.41) is 7.66. The Labute approximate surface area is 145 Å². The van der Waals surface area contributed by atoms with Crippen LogP contribution in [-0.2, 0) is 11.3 Å². The van der Waals surface area contributed by atoms with Gasteiger partial charge in [-0.15, -0.1) is 0 Å². The van der Waals surface area contributed by atoms with Gasteiger partial charge in [-0.1, -0.05) is 23.9 Å². The van der Waals surface area contributed by atoms with Crippen LogP contribution in [-0.4, -0.2) is 18.9 Å². The van der Waals surface area contributed by atoms with Crippen LogP contribution in [0.5, 0.6) is 5.75 Å². The molecule has 0 atom stereocenters. The molecule has 1 heterocycles. The van der Waals surface area contributed by atoms with Crippen LogP contribution in [0, 0.1) is 5.82 Å². The lowest BCUT2D eigenvalue weighted by Crippen LogP contribution is -2.00. The van der Waals surface area contributed by atoms with Crippen molar-refractivity contribution in [3.8, 4) is 5.75 Å². The maximum Gasteiger partial charge on any atom is 0.205 e. The highest BCUT2D eigenvalue weighted by atomic mass is 19.1. The fourth-order valence-electron chi connectivity index (χ4n) is 2.50. The van der Waals surface area contributed by atoms with Crippen molar-refractivity contribution in [1.29, 1.82) is 0 Å². The number of nitrogens with zero attached hydrogens (tertiary/aromatic N) is 1. The standard InChI is InChI=1S/C19H19FN2O3/c1-4-24-12(2)15-9-10-16-18(17(15)20)25-22-19(16)21-11-13-5-7-14(23-3)8-6-13/h5-10H,2,4,11H2,1,3H3,(H,21,22). The van der Waals surface area contributed by atoms with Gasteiger partial charge in [0.1, 0.15) is 11.5 Å². The number of anilines is 1. The fraction of sp³-hybridized carbons (Fsp3) is 0.211. The molecule has 6 heteroatoms. The summed E-state index contributed by atoms with van der Waals surface area (Å²) in [6.07, 6.45) is 0. The summed E-state index contributed by atoms with van der Waals surface area (Å²) < 4.78 is 30.2. The Balaban J connectivity index is 1.80. The van der Waals surface area contributed by atoms with Gasteiger partial charge in [-0.05, 0) is 36.8 Å². The number of rotatable bonds is 7. The molecular formula is C19H19FN2O3. The summed E-state index contributed by atoms with van der Waals surface area (Å²) in [6, 6.07) is 11.0. The molecule has 0 unspecified atom stereocenters. The predicted octanol–water partition coefficient (Wildman–Crippen LogP) is 4.59. The molecule has 2 aromatic carbocycles. The molecule has 5 nitrogen and oxygen atoms in total. The molecule has 0 amide bonds. The molecule has 3 aromatic rings. The molecule has 0 aliphatic heterocycles. The van der Waals surface area contributed by atoms with Gasteiger partial charge in [0.2, 0.25) is 5.58 Å². The van der Waals surface area contributed by atoms with Crippen molar-refractivity contribution < 1.29 is 18.4 Å². The molecule has 130 valence electrons. The number of methoxy groups -OCH3 is 1. The summed E-state index contributed by atoms with van der Waals surface area (Å²) in [5.74, 6) is 1.02. The molecule has 0 radical (unpaired) electrons. The highest BCUT2D eigenvalue weighted by molar-refractivity contribution is 5.90. The van der Waals surface area contributed by atoms with Crippen LogP contribution in [0.4, 0.5) is 10.2 Å². The minimum Gasteiger partial charge on any atom is -0.497 e. The lowest BCUT2D eigenvalue weighted by atomic mass is 10.1. The van der Waals surface area contributed by atoms with Gasteiger partial charge in [0.25, 0.3) is 0 Å². The van der Waals surface area contributed by atoms with Crippen LogP contribution >= 0.6 is 0 Å². The maximum atomic E-state index is 14.6. The van der Waals surface area contributed by atoms with Crippen molar-refractivity contribution in [2.45, 2.75) is 13.5 Å². The third kappa shape index (κ3) is 3.42. The Morgan fingerprint density at radius 2 is 2.00 bits per heavy atom. The van der Waals surface area contributed by atoms with Gasteiger partial charge >= 0.3 is 0 Å². The van der Waals surface area contributed by atoms with E-state index in [0.29, 0.717) is 24.4 Å². The van der Waals surface area contributed by atoms with Gasteiger partial charge in [-0.3, -0.25) is 0 Å².